The average Bonchev–Trinajstić information content (AvgIpc) is 2.89. The SMILES string of the molecule is N#Cc1ccc2c(Nc3cccc(C(=O)Nc4cccc(Nc5ccncc5)c4)c3)ccnc2c1. The van der Waals surface area contributed by atoms with Crippen LogP contribution in [0.25, 0.3) is 10.9 Å². The molecule has 0 aliphatic heterocycles. The molecule has 0 saturated heterocycles. The molecule has 0 spiro atoms. The van der Waals surface area contributed by atoms with Crippen molar-refractivity contribution in [1.82, 2.24) is 9.97 Å². The van der Waals surface area contributed by atoms with Crippen molar-refractivity contribution in [1.29, 1.82) is 5.26 Å². The lowest BCUT2D eigenvalue weighted by molar-refractivity contribution is 0.102. The lowest BCUT2D eigenvalue weighted by atomic mass is 10.1. The standard InChI is InChI=1S/C28H20N6O/c29-18-19-7-8-25-26(11-14-31-27(25)15-19)33-22-4-1-3-20(16-22)28(35)34-24-6-2-5-23(17-24)32-21-9-12-30-13-10-21/h1-17H,(H,30,32)(H,31,33)(H,34,35). The Labute approximate surface area is 202 Å². The number of benzene rings is 3. The number of rotatable bonds is 6. The highest BCUT2D eigenvalue weighted by Crippen LogP contribution is 2.27. The lowest BCUT2D eigenvalue weighted by Gasteiger charge is -2.12. The maximum atomic E-state index is 13.0. The van der Waals surface area contributed by atoms with E-state index in [2.05, 4.69) is 32.0 Å². The van der Waals surface area contributed by atoms with E-state index in [9.17, 15) is 4.79 Å². The van der Waals surface area contributed by atoms with Gasteiger partial charge in [-0.3, -0.25) is 14.8 Å². The van der Waals surface area contributed by atoms with Crippen LogP contribution in [0.5, 0.6) is 0 Å². The second-order valence-electron chi connectivity index (χ2n) is 7.80. The van der Waals surface area contributed by atoms with Gasteiger partial charge in [0.25, 0.3) is 5.91 Å². The van der Waals surface area contributed by atoms with Crippen LogP contribution < -0.4 is 16.0 Å². The molecule has 2 aromatic heterocycles. The molecule has 7 nitrogen and oxygen atoms in total. The fourth-order valence-corrected chi connectivity index (χ4v) is 3.70. The average molecular weight is 457 g/mol. The summed E-state index contributed by atoms with van der Waals surface area (Å²) in [5, 5.41) is 19.6. The summed E-state index contributed by atoms with van der Waals surface area (Å²) in [7, 11) is 0. The van der Waals surface area contributed by atoms with Gasteiger partial charge in [0, 0.05) is 58.0 Å². The Morgan fingerprint density at radius 1 is 0.743 bits per heavy atom. The Kier molecular flexibility index (Phi) is 6.01. The maximum Gasteiger partial charge on any atom is 0.255 e. The first kappa shape index (κ1) is 21.6. The highest BCUT2D eigenvalue weighted by atomic mass is 16.1. The molecular weight excluding hydrogens is 436 g/mol. The summed E-state index contributed by atoms with van der Waals surface area (Å²) in [6, 6.07) is 27.9. The third kappa shape index (κ3) is 5.07. The number of nitriles is 1. The van der Waals surface area contributed by atoms with Gasteiger partial charge in [-0.05, 0) is 72.8 Å². The zero-order valence-electron chi connectivity index (χ0n) is 18.6. The van der Waals surface area contributed by atoms with E-state index in [1.54, 1.807) is 42.9 Å². The predicted octanol–water partition coefficient (Wildman–Crippen LogP) is 6.24. The summed E-state index contributed by atoms with van der Waals surface area (Å²) in [6.45, 7) is 0. The molecule has 2 heterocycles. The van der Waals surface area contributed by atoms with Gasteiger partial charge in [0.2, 0.25) is 0 Å². The molecule has 0 atom stereocenters. The van der Waals surface area contributed by atoms with Crippen molar-refractivity contribution in [3.8, 4) is 6.07 Å². The Morgan fingerprint density at radius 2 is 1.51 bits per heavy atom. The van der Waals surface area contributed by atoms with Crippen LogP contribution in [-0.4, -0.2) is 15.9 Å². The van der Waals surface area contributed by atoms with Gasteiger partial charge in [0.05, 0.1) is 17.1 Å². The number of anilines is 5. The summed E-state index contributed by atoms with van der Waals surface area (Å²) in [5.74, 6) is -0.215. The van der Waals surface area contributed by atoms with E-state index in [1.165, 1.54) is 0 Å². The molecule has 3 N–H and O–H groups in total. The van der Waals surface area contributed by atoms with E-state index in [4.69, 9.17) is 5.26 Å². The van der Waals surface area contributed by atoms with Crippen molar-refractivity contribution in [3.05, 3.63) is 115 Å². The Balaban J connectivity index is 1.32. The zero-order valence-corrected chi connectivity index (χ0v) is 18.6. The third-order valence-corrected chi connectivity index (χ3v) is 5.37. The molecule has 5 aromatic rings. The van der Waals surface area contributed by atoms with Gasteiger partial charge in [-0.2, -0.15) is 5.26 Å². The molecule has 1 amide bonds. The van der Waals surface area contributed by atoms with E-state index in [1.807, 2.05) is 60.7 Å². The Bertz CT molecular complexity index is 1560. The highest BCUT2D eigenvalue weighted by molar-refractivity contribution is 6.05. The molecule has 0 radical (unpaired) electrons. The molecular formula is C28H20N6O. The van der Waals surface area contributed by atoms with E-state index < -0.39 is 0 Å². The molecule has 0 bridgehead atoms. The topological polar surface area (TPSA) is 103 Å². The van der Waals surface area contributed by atoms with Crippen LogP contribution >= 0.6 is 0 Å². The number of amides is 1. The molecule has 168 valence electrons. The zero-order chi connectivity index (χ0) is 24.0. The van der Waals surface area contributed by atoms with Crippen LogP contribution in [0, 0.1) is 11.3 Å². The van der Waals surface area contributed by atoms with Crippen molar-refractivity contribution in [2.45, 2.75) is 0 Å². The van der Waals surface area contributed by atoms with Gasteiger partial charge in [-0.1, -0.05) is 12.1 Å². The molecule has 5 rings (SSSR count). The number of fused-ring (bicyclic) bond motifs is 1. The smallest absolute Gasteiger partial charge is 0.255 e. The highest BCUT2D eigenvalue weighted by Gasteiger charge is 2.09. The van der Waals surface area contributed by atoms with Crippen LogP contribution in [0.2, 0.25) is 0 Å². The number of hydrogen-bond donors (Lipinski definition) is 3. The maximum absolute atomic E-state index is 13.0. The number of nitrogens with one attached hydrogen (secondary N) is 3. The quantitative estimate of drug-likeness (QED) is 0.279. The van der Waals surface area contributed by atoms with Gasteiger partial charge in [0.15, 0.2) is 0 Å². The van der Waals surface area contributed by atoms with Crippen LogP contribution in [0.4, 0.5) is 28.4 Å². The molecule has 0 fully saturated rings. The van der Waals surface area contributed by atoms with E-state index in [0.29, 0.717) is 16.8 Å². The molecule has 0 aliphatic rings. The minimum Gasteiger partial charge on any atom is -0.355 e. The van der Waals surface area contributed by atoms with Crippen LogP contribution in [-0.2, 0) is 0 Å². The van der Waals surface area contributed by atoms with Crippen LogP contribution in [0.15, 0.2) is 104 Å². The minimum absolute atomic E-state index is 0.215. The number of hydrogen-bond acceptors (Lipinski definition) is 6. The third-order valence-electron chi connectivity index (χ3n) is 5.37. The van der Waals surface area contributed by atoms with Gasteiger partial charge in [-0.15, -0.1) is 0 Å². The fraction of sp³-hybridized carbons (Fsp3) is 0. The first-order valence-electron chi connectivity index (χ1n) is 10.9. The molecule has 7 heteroatoms. The second kappa shape index (κ2) is 9.73. The van der Waals surface area contributed by atoms with Crippen molar-refractivity contribution in [3.63, 3.8) is 0 Å². The predicted molar refractivity (Wildman–Crippen MR) is 138 cm³/mol. The first-order chi connectivity index (χ1) is 17.2. The van der Waals surface area contributed by atoms with Crippen molar-refractivity contribution < 1.29 is 4.79 Å². The monoisotopic (exact) mass is 456 g/mol. The van der Waals surface area contributed by atoms with E-state index >= 15 is 0 Å². The molecule has 3 aromatic carbocycles. The minimum atomic E-state index is -0.215. The summed E-state index contributed by atoms with van der Waals surface area (Å²) < 4.78 is 0. The van der Waals surface area contributed by atoms with Gasteiger partial charge < -0.3 is 16.0 Å². The summed E-state index contributed by atoms with van der Waals surface area (Å²) >= 11 is 0. The number of nitrogens with zero attached hydrogens (tertiary/aromatic N) is 3. The first-order valence-corrected chi connectivity index (χ1v) is 10.9. The van der Waals surface area contributed by atoms with E-state index in [-0.39, 0.29) is 5.91 Å². The number of carbonyl (C=O) groups is 1. The Morgan fingerprint density at radius 3 is 2.34 bits per heavy atom. The largest absolute Gasteiger partial charge is 0.355 e. The van der Waals surface area contributed by atoms with Gasteiger partial charge >= 0.3 is 0 Å². The van der Waals surface area contributed by atoms with Crippen molar-refractivity contribution in [2.24, 2.45) is 0 Å². The molecule has 0 saturated carbocycles. The fourth-order valence-electron chi connectivity index (χ4n) is 3.70. The molecule has 0 unspecified atom stereocenters. The second-order valence-corrected chi connectivity index (χ2v) is 7.80. The summed E-state index contributed by atoms with van der Waals surface area (Å²) in [6.07, 6.45) is 5.12. The van der Waals surface area contributed by atoms with Crippen LogP contribution in [0.3, 0.4) is 0 Å². The number of carbonyl (C=O) groups excluding carboxylic acids is 1. The van der Waals surface area contributed by atoms with E-state index in [0.717, 1.165) is 33.7 Å². The van der Waals surface area contributed by atoms with Gasteiger partial charge in [-0.25, -0.2) is 0 Å². The molecule has 0 aliphatic carbocycles. The Hall–Kier alpha value is -5.22. The summed E-state index contributed by atoms with van der Waals surface area (Å²) in [5.41, 5.74) is 5.86. The summed E-state index contributed by atoms with van der Waals surface area (Å²) in [4.78, 5) is 21.3. The normalized spacial score (nSPS) is 10.4. The number of pyridine rings is 2. The van der Waals surface area contributed by atoms with Crippen molar-refractivity contribution in [2.75, 3.05) is 16.0 Å². The van der Waals surface area contributed by atoms with Gasteiger partial charge in [0.1, 0.15) is 0 Å². The lowest BCUT2D eigenvalue weighted by Crippen LogP contribution is -2.12. The number of aromatic nitrogens is 2. The van der Waals surface area contributed by atoms with Crippen molar-refractivity contribution >= 4 is 45.2 Å². The molecule has 35 heavy (non-hydrogen) atoms. The van der Waals surface area contributed by atoms with Crippen LogP contribution in [0.1, 0.15) is 15.9 Å².